The van der Waals surface area contributed by atoms with Crippen molar-refractivity contribution in [3.8, 4) is 11.5 Å². The summed E-state index contributed by atoms with van der Waals surface area (Å²) in [6.45, 7) is -0.206. The highest BCUT2D eigenvalue weighted by Gasteiger charge is 2.06. The molecule has 0 spiro atoms. The molecular weight excluding hydrogens is 327 g/mol. The number of guanidine groups is 1. The molecule has 0 heterocycles. The van der Waals surface area contributed by atoms with Crippen LogP contribution in [0.4, 0.5) is 15.8 Å². The van der Waals surface area contributed by atoms with Crippen molar-refractivity contribution in [1.29, 1.82) is 0 Å². The average molecular weight is 346 g/mol. The predicted molar refractivity (Wildman–Crippen MR) is 94.7 cm³/mol. The quantitative estimate of drug-likeness (QED) is 0.550. The number of carbonyl (C=O) groups is 1. The molecule has 1 amide bonds. The van der Waals surface area contributed by atoms with Gasteiger partial charge in [-0.3, -0.25) is 4.79 Å². The summed E-state index contributed by atoms with van der Waals surface area (Å²) in [5.41, 5.74) is 6.74. The fourth-order valence-electron chi connectivity index (χ4n) is 2.03. The van der Waals surface area contributed by atoms with Gasteiger partial charge in [0.15, 0.2) is 17.5 Å². The van der Waals surface area contributed by atoms with Gasteiger partial charge in [0.05, 0.1) is 14.2 Å². The van der Waals surface area contributed by atoms with Gasteiger partial charge in [-0.05, 0) is 30.3 Å². The van der Waals surface area contributed by atoms with E-state index in [1.54, 1.807) is 24.3 Å². The van der Waals surface area contributed by atoms with Crippen molar-refractivity contribution in [2.45, 2.75) is 0 Å². The Hall–Kier alpha value is -3.29. The minimum absolute atomic E-state index is 0.0570. The van der Waals surface area contributed by atoms with Gasteiger partial charge in [-0.1, -0.05) is 6.07 Å². The number of aliphatic imine (C=N–C) groups is 1. The van der Waals surface area contributed by atoms with E-state index in [1.165, 1.54) is 32.4 Å². The van der Waals surface area contributed by atoms with Crippen LogP contribution in [0.1, 0.15) is 0 Å². The van der Waals surface area contributed by atoms with Crippen molar-refractivity contribution in [3.63, 3.8) is 0 Å². The lowest BCUT2D eigenvalue weighted by Crippen LogP contribution is -2.25. The predicted octanol–water partition coefficient (Wildman–Crippen LogP) is 2.21. The summed E-state index contributed by atoms with van der Waals surface area (Å²) in [5.74, 6) is 0.322. The number of nitrogens with zero attached hydrogens (tertiary/aromatic N) is 1. The molecule has 0 fully saturated rings. The number of methoxy groups -OCH3 is 2. The molecule has 0 radical (unpaired) electrons. The van der Waals surface area contributed by atoms with Gasteiger partial charge in [-0.15, -0.1) is 0 Å². The van der Waals surface area contributed by atoms with Gasteiger partial charge >= 0.3 is 0 Å². The van der Waals surface area contributed by atoms with Crippen molar-refractivity contribution in [1.82, 2.24) is 0 Å². The van der Waals surface area contributed by atoms with E-state index < -0.39 is 11.7 Å². The van der Waals surface area contributed by atoms with Crippen LogP contribution in [0.3, 0.4) is 0 Å². The zero-order valence-corrected chi connectivity index (χ0v) is 13.9. The molecule has 0 bridgehead atoms. The molecule has 0 aliphatic rings. The zero-order chi connectivity index (χ0) is 18.2. The highest BCUT2D eigenvalue weighted by molar-refractivity contribution is 5.97. The summed E-state index contributed by atoms with van der Waals surface area (Å²) < 4.78 is 23.4. The second-order valence-corrected chi connectivity index (χ2v) is 4.95. The number of amides is 1. The van der Waals surface area contributed by atoms with Crippen LogP contribution in [0.15, 0.2) is 47.5 Å². The van der Waals surface area contributed by atoms with Crippen LogP contribution in [0.25, 0.3) is 0 Å². The number of ether oxygens (including phenoxy) is 2. The van der Waals surface area contributed by atoms with Crippen molar-refractivity contribution in [3.05, 3.63) is 48.3 Å². The molecule has 0 atom stereocenters. The van der Waals surface area contributed by atoms with Gasteiger partial charge in [-0.2, -0.15) is 0 Å². The largest absolute Gasteiger partial charge is 0.493 e. The van der Waals surface area contributed by atoms with Crippen LogP contribution in [0.5, 0.6) is 11.5 Å². The molecule has 132 valence electrons. The number of hydrogen-bond donors (Lipinski definition) is 3. The molecule has 0 aliphatic carbocycles. The maximum atomic E-state index is 13.1. The lowest BCUT2D eigenvalue weighted by molar-refractivity contribution is -0.114. The molecule has 0 unspecified atom stereocenters. The molecule has 0 saturated carbocycles. The molecule has 0 aromatic heterocycles. The fourth-order valence-corrected chi connectivity index (χ4v) is 2.03. The third-order valence-electron chi connectivity index (χ3n) is 3.16. The Labute approximate surface area is 144 Å². The lowest BCUT2D eigenvalue weighted by Gasteiger charge is -2.11. The van der Waals surface area contributed by atoms with Crippen LogP contribution in [-0.4, -0.2) is 32.6 Å². The normalized spacial score (nSPS) is 10.9. The molecule has 8 heteroatoms. The SMILES string of the molecule is COc1ccc(NC(N)=NCC(=O)Nc2cccc(F)c2)cc1OC. The van der Waals surface area contributed by atoms with E-state index in [4.69, 9.17) is 15.2 Å². The van der Waals surface area contributed by atoms with Gasteiger partial charge in [0.2, 0.25) is 5.91 Å². The van der Waals surface area contributed by atoms with Crippen LogP contribution in [0.2, 0.25) is 0 Å². The first kappa shape index (κ1) is 18.1. The Morgan fingerprint density at radius 3 is 2.48 bits per heavy atom. The molecule has 25 heavy (non-hydrogen) atoms. The maximum Gasteiger partial charge on any atom is 0.246 e. The highest BCUT2D eigenvalue weighted by atomic mass is 19.1. The second-order valence-electron chi connectivity index (χ2n) is 4.95. The van der Waals surface area contributed by atoms with Gasteiger partial charge in [-0.25, -0.2) is 9.38 Å². The lowest BCUT2D eigenvalue weighted by atomic mass is 10.3. The monoisotopic (exact) mass is 346 g/mol. The first-order valence-corrected chi connectivity index (χ1v) is 7.36. The standard InChI is InChI=1S/C17H19FN4O3/c1-24-14-7-6-13(9-15(14)25-2)22-17(19)20-10-16(23)21-12-5-3-4-11(18)8-12/h3-9H,10H2,1-2H3,(H,21,23)(H3,19,20,22). The zero-order valence-electron chi connectivity index (χ0n) is 13.9. The Morgan fingerprint density at radius 2 is 1.80 bits per heavy atom. The number of benzene rings is 2. The van der Waals surface area contributed by atoms with Gasteiger partial charge in [0, 0.05) is 17.4 Å². The first-order chi connectivity index (χ1) is 12.0. The number of halogens is 1. The van der Waals surface area contributed by atoms with E-state index in [9.17, 15) is 9.18 Å². The Kier molecular flexibility index (Phi) is 6.16. The van der Waals surface area contributed by atoms with E-state index in [2.05, 4.69) is 15.6 Å². The highest BCUT2D eigenvalue weighted by Crippen LogP contribution is 2.29. The van der Waals surface area contributed by atoms with E-state index >= 15 is 0 Å². The van der Waals surface area contributed by atoms with Gasteiger partial charge < -0.3 is 25.8 Å². The molecule has 0 aliphatic heterocycles. The number of carbonyl (C=O) groups excluding carboxylic acids is 1. The minimum atomic E-state index is -0.434. The Bertz CT molecular complexity index is 780. The summed E-state index contributed by atoms with van der Waals surface area (Å²) >= 11 is 0. The molecule has 2 aromatic rings. The van der Waals surface area contributed by atoms with Crippen molar-refractivity contribution >= 4 is 23.2 Å². The van der Waals surface area contributed by atoms with Crippen LogP contribution in [-0.2, 0) is 4.79 Å². The van der Waals surface area contributed by atoms with Gasteiger partial charge in [0.25, 0.3) is 0 Å². The smallest absolute Gasteiger partial charge is 0.246 e. The van der Waals surface area contributed by atoms with E-state index in [0.29, 0.717) is 22.9 Å². The van der Waals surface area contributed by atoms with Crippen LogP contribution < -0.4 is 25.8 Å². The van der Waals surface area contributed by atoms with E-state index in [-0.39, 0.29) is 12.5 Å². The molecular formula is C17H19FN4O3. The van der Waals surface area contributed by atoms with Crippen molar-refractivity contribution in [2.24, 2.45) is 10.7 Å². The molecule has 4 N–H and O–H groups in total. The van der Waals surface area contributed by atoms with Crippen LogP contribution >= 0.6 is 0 Å². The Balaban J connectivity index is 1.94. The maximum absolute atomic E-state index is 13.1. The third-order valence-corrected chi connectivity index (χ3v) is 3.16. The number of rotatable bonds is 6. The Morgan fingerprint density at radius 1 is 1.08 bits per heavy atom. The van der Waals surface area contributed by atoms with Crippen molar-refractivity contribution in [2.75, 3.05) is 31.4 Å². The number of nitrogens with two attached hydrogens (primary N) is 1. The van der Waals surface area contributed by atoms with Crippen LogP contribution in [0, 0.1) is 5.82 Å². The molecule has 0 saturated heterocycles. The summed E-state index contributed by atoms with van der Waals surface area (Å²) in [6.07, 6.45) is 0. The first-order valence-electron chi connectivity index (χ1n) is 7.36. The van der Waals surface area contributed by atoms with Gasteiger partial charge in [0.1, 0.15) is 12.4 Å². The van der Waals surface area contributed by atoms with Crippen molar-refractivity contribution < 1.29 is 18.7 Å². The topological polar surface area (TPSA) is 98.0 Å². The number of hydrogen-bond acceptors (Lipinski definition) is 4. The fraction of sp³-hybridized carbons (Fsp3) is 0.176. The van der Waals surface area contributed by atoms with E-state index in [1.807, 2.05) is 0 Å². The third kappa shape index (κ3) is 5.38. The second kappa shape index (κ2) is 8.53. The summed E-state index contributed by atoms with van der Waals surface area (Å²) in [5, 5.41) is 5.38. The summed E-state index contributed by atoms with van der Waals surface area (Å²) in [4.78, 5) is 15.7. The summed E-state index contributed by atoms with van der Waals surface area (Å²) in [6, 6.07) is 10.7. The number of nitrogens with one attached hydrogen (secondary N) is 2. The molecule has 2 aromatic carbocycles. The molecule has 7 nitrogen and oxygen atoms in total. The summed E-state index contributed by atoms with van der Waals surface area (Å²) in [7, 11) is 3.06. The average Bonchev–Trinajstić information content (AvgIpc) is 2.60. The number of anilines is 2. The van der Waals surface area contributed by atoms with E-state index in [0.717, 1.165) is 0 Å². The minimum Gasteiger partial charge on any atom is -0.493 e. The molecule has 2 rings (SSSR count).